The van der Waals surface area contributed by atoms with Gasteiger partial charge in [-0.25, -0.2) is 4.98 Å². The van der Waals surface area contributed by atoms with Crippen LogP contribution in [0.2, 0.25) is 0 Å². The van der Waals surface area contributed by atoms with Gasteiger partial charge in [0, 0.05) is 51.0 Å². The Kier molecular flexibility index (Phi) is 9.51. The summed E-state index contributed by atoms with van der Waals surface area (Å²) in [7, 11) is 3.86. The maximum Gasteiger partial charge on any atom is 0.161 e. The third-order valence-electron chi connectivity index (χ3n) is 5.00. The van der Waals surface area contributed by atoms with Crippen LogP contribution in [0.3, 0.4) is 0 Å². The van der Waals surface area contributed by atoms with Crippen molar-refractivity contribution in [1.82, 2.24) is 15.2 Å². The van der Waals surface area contributed by atoms with E-state index >= 15 is 0 Å². The van der Waals surface area contributed by atoms with Crippen LogP contribution in [-0.4, -0.2) is 56.8 Å². The molecule has 0 amide bonds. The van der Waals surface area contributed by atoms with E-state index in [0.29, 0.717) is 6.61 Å². The second-order valence-electron chi connectivity index (χ2n) is 7.21. The highest BCUT2D eigenvalue weighted by molar-refractivity contribution is 5.85. The Labute approximate surface area is 180 Å². The lowest BCUT2D eigenvalue weighted by atomic mass is 10.2. The van der Waals surface area contributed by atoms with Gasteiger partial charge in [0.25, 0.3) is 0 Å². The molecule has 0 bridgehead atoms. The molecule has 0 unspecified atom stereocenters. The van der Waals surface area contributed by atoms with Crippen molar-refractivity contribution in [2.24, 2.45) is 0 Å². The van der Waals surface area contributed by atoms with Crippen molar-refractivity contribution in [2.75, 3.05) is 51.8 Å². The maximum absolute atomic E-state index is 5.73. The smallest absolute Gasteiger partial charge is 0.161 e. The normalized spacial score (nSPS) is 14.4. The molecule has 1 saturated heterocycles. The van der Waals surface area contributed by atoms with E-state index in [2.05, 4.69) is 46.2 Å². The van der Waals surface area contributed by atoms with Crippen molar-refractivity contribution in [3.63, 3.8) is 0 Å². The van der Waals surface area contributed by atoms with Crippen molar-refractivity contribution in [3.8, 4) is 11.5 Å². The van der Waals surface area contributed by atoms with Gasteiger partial charge in [0.2, 0.25) is 0 Å². The average molecular weight is 421 g/mol. The third kappa shape index (κ3) is 6.49. The molecular weight excluding hydrogens is 388 g/mol. The predicted molar refractivity (Wildman–Crippen MR) is 121 cm³/mol. The second-order valence-corrected chi connectivity index (χ2v) is 7.21. The van der Waals surface area contributed by atoms with Crippen LogP contribution in [-0.2, 0) is 13.1 Å². The zero-order valence-electron chi connectivity index (χ0n) is 17.7. The predicted octanol–water partition coefficient (Wildman–Crippen LogP) is 3.34. The number of anilines is 1. The van der Waals surface area contributed by atoms with Gasteiger partial charge in [-0.1, -0.05) is 19.1 Å². The van der Waals surface area contributed by atoms with E-state index in [-0.39, 0.29) is 12.4 Å². The lowest BCUT2D eigenvalue weighted by molar-refractivity contribution is 0.294. The minimum absolute atomic E-state index is 0. The van der Waals surface area contributed by atoms with Crippen LogP contribution in [0.5, 0.6) is 11.5 Å². The molecule has 1 aliphatic rings. The summed E-state index contributed by atoms with van der Waals surface area (Å²) in [6, 6.07) is 10.3. The van der Waals surface area contributed by atoms with Gasteiger partial charge in [-0.2, -0.15) is 0 Å². The van der Waals surface area contributed by atoms with Crippen molar-refractivity contribution in [3.05, 3.63) is 47.7 Å². The van der Waals surface area contributed by atoms with Gasteiger partial charge in [0.1, 0.15) is 5.82 Å². The van der Waals surface area contributed by atoms with Crippen LogP contribution in [0, 0.1) is 0 Å². The van der Waals surface area contributed by atoms with E-state index < -0.39 is 0 Å². The van der Waals surface area contributed by atoms with Crippen molar-refractivity contribution >= 4 is 18.2 Å². The molecule has 0 atom stereocenters. The second kappa shape index (κ2) is 11.9. The summed E-state index contributed by atoms with van der Waals surface area (Å²) in [4.78, 5) is 9.40. The number of pyridine rings is 1. The van der Waals surface area contributed by atoms with Gasteiger partial charge in [-0.05, 0) is 37.2 Å². The molecule has 3 rings (SSSR count). The van der Waals surface area contributed by atoms with Gasteiger partial charge in [-0.15, -0.1) is 12.4 Å². The monoisotopic (exact) mass is 420 g/mol. The van der Waals surface area contributed by atoms with Gasteiger partial charge >= 0.3 is 0 Å². The van der Waals surface area contributed by atoms with Gasteiger partial charge in [-0.3, -0.25) is 0 Å². The fourth-order valence-corrected chi connectivity index (χ4v) is 3.37. The summed E-state index contributed by atoms with van der Waals surface area (Å²) in [5.74, 6) is 2.69. The molecule has 2 aromatic rings. The first kappa shape index (κ1) is 23.3. The fourth-order valence-electron chi connectivity index (χ4n) is 3.37. The molecule has 1 aromatic heterocycles. The molecular formula is C22H33ClN4O2. The number of benzene rings is 1. The van der Waals surface area contributed by atoms with E-state index in [0.717, 1.165) is 63.0 Å². The van der Waals surface area contributed by atoms with Crippen molar-refractivity contribution in [1.29, 1.82) is 0 Å². The summed E-state index contributed by atoms with van der Waals surface area (Å²) >= 11 is 0. The van der Waals surface area contributed by atoms with Gasteiger partial charge in [0.05, 0.1) is 13.7 Å². The largest absolute Gasteiger partial charge is 0.493 e. The molecule has 0 saturated carbocycles. The van der Waals surface area contributed by atoms with E-state index in [4.69, 9.17) is 9.47 Å². The highest BCUT2D eigenvalue weighted by Crippen LogP contribution is 2.28. The number of piperazine rings is 1. The van der Waals surface area contributed by atoms with E-state index in [1.54, 1.807) is 7.11 Å². The molecule has 0 spiro atoms. The Morgan fingerprint density at radius 2 is 1.86 bits per heavy atom. The third-order valence-corrected chi connectivity index (χ3v) is 5.00. The zero-order valence-corrected chi connectivity index (χ0v) is 18.5. The van der Waals surface area contributed by atoms with E-state index in [1.165, 1.54) is 11.1 Å². The summed E-state index contributed by atoms with van der Waals surface area (Å²) in [6.07, 6.45) is 2.87. The lowest BCUT2D eigenvalue weighted by Crippen LogP contribution is -2.45. The highest BCUT2D eigenvalue weighted by Gasteiger charge is 2.17. The number of halogens is 1. The number of methoxy groups -OCH3 is 1. The molecule has 0 radical (unpaired) electrons. The van der Waals surface area contributed by atoms with Crippen LogP contribution >= 0.6 is 12.4 Å². The number of hydrogen-bond acceptors (Lipinski definition) is 6. The lowest BCUT2D eigenvalue weighted by Gasteiger charge is -2.34. The Balaban J connectivity index is 0.00000300. The summed E-state index contributed by atoms with van der Waals surface area (Å²) in [5, 5.41) is 3.55. The van der Waals surface area contributed by atoms with Crippen LogP contribution in [0.25, 0.3) is 0 Å². The van der Waals surface area contributed by atoms with Crippen LogP contribution in [0.4, 0.5) is 5.82 Å². The number of hydrogen-bond donors (Lipinski definition) is 1. The van der Waals surface area contributed by atoms with E-state index in [1.807, 2.05) is 24.4 Å². The number of nitrogens with one attached hydrogen (secondary N) is 1. The SMILES string of the molecule is CCCOc1ccc(CNCc2cccnc2N2CCN(C)CC2)cc1OC.Cl. The minimum Gasteiger partial charge on any atom is -0.493 e. The number of ether oxygens (including phenoxy) is 2. The number of aromatic nitrogens is 1. The first-order valence-corrected chi connectivity index (χ1v) is 10.1. The Morgan fingerprint density at radius 3 is 2.59 bits per heavy atom. The Bertz CT molecular complexity index is 751. The molecule has 160 valence electrons. The van der Waals surface area contributed by atoms with Crippen molar-refractivity contribution in [2.45, 2.75) is 26.4 Å². The maximum atomic E-state index is 5.73. The summed E-state index contributed by atoms with van der Waals surface area (Å²) < 4.78 is 11.2. The number of likely N-dealkylation sites (N-methyl/N-ethyl adjacent to an activating group) is 1. The average Bonchev–Trinajstić information content (AvgIpc) is 2.73. The molecule has 29 heavy (non-hydrogen) atoms. The Morgan fingerprint density at radius 1 is 1.07 bits per heavy atom. The van der Waals surface area contributed by atoms with E-state index in [9.17, 15) is 0 Å². The molecule has 1 aliphatic heterocycles. The van der Waals surface area contributed by atoms with Crippen LogP contribution < -0.4 is 19.7 Å². The Hall–Kier alpha value is -2.02. The topological polar surface area (TPSA) is 49.9 Å². The van der Waals surface area contributed by atoms with Gasteiger partial charge < -0.3 is 24.6 Å². The molecule has 2 heterocycles. The van der Waals surface area contributed by atoms with Crippen LogP contribution in [0.1, 0.15) is 24.5 Å². The summed E-state index contributed by atoms with van der Waals surface area (Å²) in [6.45, 7) is 8.55. The first-order chi connectivity index (χ1) is 13.7. The molecule has 1 N–H and O–H groups in total. The first-order valence-electron chi connectivity index (χ1n) is 10.1. The molecule has 6 nitrogen and oxygen atoms in total. The van der Waals surface area contributed by atoms with Gasteiger partial charge in [0.15, 0.2) is 11.5 Å². The standard InChI is InChI=1S/C22H32N4O2.ClH/c1-4-14-28-20-8-7-18(15-21(20)27-3)16-23-17-19-6-5-9-24-22(19)26-12-10-25(2)11-13-26;/h5-9,15,23H,4,10-14,16-17H2,1-3H3;1H. The minimum atomic E-state index is 0. The van der Waals surface area contributed by atoms with Crippen molar-refractivity contribution < 1.29 is 9.47 Å². The quantitative estimate of drug-likeness (QED) is 0.671. The molecule has 0 aliphatic carbocycles. The molecule has 1 aromatic carbocycles. The zero-order chi connectivity index (χ0) is 19.8. The fraction of sp³-hybridized carbons (Fsp3) is 0.500. The summed E-state index contributed by atoms with van der Waals surface area (Å²) in [5.41, 5.74) is 2.41. The molecule has 1 fully saturated rings. The number of rotatable bonds is 9. The highest BCUT2D eigenvalue weighted by atomic mass is 35.5. The van der Waals surface area contributed by atoms with Crippen LogP contribution in [0.15, 0.2) is 36.5 Å². The molecule has 7 heteroatoms. The number of nitrogens with zero attached hydrogens (tertiary/aromatic N) is 3.